The van der Waals surface area contributed by atoms with E-state index in [0.29, 0.717) is 6.61 Å². The predicted octanol–water partition coefficient (Wildman–Crippen LogP) is 3.49. The van der Waals surface area contributed by atoms with Gasteiger partial charge in [-0.1, -0.05) is 34.8 Å². The summed E-state index contributed by atoms with van der Waals surface area (Å²) in [4.78, 5) is 11.7. The van der Waals surface area contributed by atoms with E-state index in [4.69, 9.17) is 4.74 Å². The van der Waals surface area contributed by atoms with Crippen LogP contribution in [0.4, 0.5) is 0 Å². The maximum Gasteiger partial charge on any atom is 0.314 e. The van der Waals surface area contributed by atoms with Crippen LogP contribution in [0, 0.1) is 0 Å². The van der Waals surface area contributed by atoms with Gasteiger partial charge in [0.1, 0.15) is 0 Å². The van der Waals surface area contributed by atoms with Gasteiger partial charge in [0.25, 0.3) is 0 Å². The molecule has 0 saturated heterocycles. The fraction of sp³-hybridized carbons (Fsp3) is 0.500. The minimum atomic E-state index is -0.714. The van der Waals surface area contributed by atoms with Gasteiger partial charge in [-0.15, -0.1) is 0 Å². The number of halogens is 1. The van der Waals surface area contributed by atoms with Gasteiger partial charge in [0.05, 0.1) is 12.0 Å². The molecule has 2 rings (SSSR count). The molecule has 0 aliphatic heterocycles. The van der Waals surface area contributed by atoms with Crippen LogP contribution in [0.5, 0.6) is 0 Å². The molecule has 1 aromatic carbocycles. The van der Waals surface area contributed by atoms with E-state index >= 15 is 0 Å². The number of aliphatic carboxylic acids is 1. The van der Waals surface area contributed by atoms with Crippen molar-refractivity contribution in [2.75, 3.05) is 7.11 Å². The first-order valence-electron chi connectivity index (χ1n) is 6.11. The van der Waals surface area contributed by atoms with Crippen molar-refractivity contribution >= 4 is 21.9 Å². The van der Waals surface area contributed by atoms with Gasteiger partial charge in [-0.3, -0.25) is 4.79 Å². The van der Waals surface area contributed by atoms with Crippen molar-refractivity contribution in [3.8, 4) is 0 Å². The van der Waals surface area contributed by atoms with E-state index < -0.39 is 11.4 Å². The fourth-order valence-corrected chi connectivity index (χ4v) is 3.29. The highest BCUT2D eigenvalue weighted by molar-refractivity contribution is 9.10. The van der Waals surface area contributed by atoms with Crippen LogP contribution in [0.25, 0.3) is 0 Å². The summed E-state index contributed by atoms with van der Waals surface area (Å²) in [7, 11) is 1.63. The Balaban J connectivity index is 2.50. The van der Waals surface area contributed by atoms with Crippen molar-refractivity contribution in [2.24, 2.45) is 0 Å². The molecule has 98 valence electrons. The number of rotatable bonds is 4. The number of hydrogen-bond acceptors (Lipinski definition) is 2. The number of carboxylic acids is 1. The van der Waals surface area contributed by atoms with Crippen LogP contribution in [0.15, 0.2) is 22.7 Å². The SMILES string of the molecule is COCc1cc(Br)ccc1C1(C(=O)O)CCCC1. The lowest BCUT2D eigenvalue weighted by molar-refractivity contribution is -0.143. The number of hydrogen-bond donors (Lipinski definition) is 1. The molecule has 1 saturated carbocycles. The van der Waals surface area contributed by atoms with Crippen LogP contribution >= 0.6 is 15.9 Å². The maximum absolute atomic E-state index is 11.7. The van der Waals surface area contributed by atoms with E-state index in [1.807, 2.05) is 18.2 Å². The molecule has 3 nitrogen and oxygen atoms in total. The first-order valence-corrected chi connectivity index (χ1v) is 6.91. The van der Waals surface area contributed by atoms with Crippen molar-refractivity contribution in [1.29, 1.82) is 0 Å². The second-order valence-corrected chi connectivity index (χ2v) is 5.74. The van der Waals surface area contributed by atoms with E-state index in [0.717, 1.165) is 41.3 Å². The lowest BCUT2D eigenvalue weighted by Gasteiger charge is -2.27. The third kappa shape index (κ3) is 2.31. The Morgan fingerprint density at radius 3 is 2.67 bits per heavy atom. The lowest BCUT2D eigenvalue weighted by atomic mass is 9.77. The molecule has 0 atom stereocenters. The van der Waals surface area contributed by atoms with Crippen molar-refractivity contribution in [3.05, 3.63) is 33.8 Å². The molecule has 1 N–H and O–H groups in total. The molecule has 4 heteroatoms. The van der Waals surface area contributed by atoms with Crippen molar-refractivity contribution in [2.45, 2.75) is 37.7 Å². The molecular weight excluding hydrogens is 296 g/mol. The summed E-state index contributed by atoms with van der Waals surface area (Å²) < 4.78 is 6.15. The number of methoxy groups -OCH3 is 1. The third-order valence-corrected chi connectivity index (χ3v) is 4.24. The highest BCUT2D eigenvalue weighted by Gasteiger charge is 2.44. The molecule has 0 aromatic heterocycles. The van der Waals surface area contributed by atoms with E-state index in [-0.39, 0.29) is 0 Å². The van der Waals surface area contributed by atoms with Gasteiger partial charge in [0.2, 0.25) is 0 Å². The summed E-state index contributed by atoms with van der Waals surface area (Å²) in [5.74, 6) is -0.709. The fourth-order valence-electron chi connectivity index (χ4n) is 2.88. The summed E-state index contributed by atoms with van der Waals surface area (Å²) >= 11 is 3.43. The van der Waals surface area contributed by atoms with Crippen LogP contribution in [0.1, 0.15) is 36.8 Å². The Bertz CT molecular complexity index is 450. The average Bonchev–Trinajstić information content (AvgIpc) is 2.80. The molecule has 1 aromatic rings. The zero-order valence-electron chi connectivity index (χ0n) is 10.4. The normalized spacial score (nSPS) is 17.9. The molecule has 1 aliphatic carbocycles. The standard InChI is InChI=1S/C14H17BrO3/c1-18-9-10-8-11(15)4-5-12(10)14(13(16)17)6-2-3-7-14/h4-5,8H,2-3,6-7,9H2,1H3,(H,16,17). The van der Waals surface area contributed by atoms with E-state index in [1.165, 1.54) is 0 Å². The quantitative estimate of drug-likeness (QED) is 0.925. The lowest BCUT2D eigenvalue weighted by Crippen LogP contribution is -2.33. The zero-order chi connectivity index (χ0) is 13.2. The van der Waals surface area contributed by atoms with Gasteiger partial charge in [-0.25, -0.2) is 0 Å². The Labute approximate surface area is 115 Å². The number of carbonyl (C=O) groups is 1. The molecular formula is C14H17BrO3. The molecule has 0 bridgehead atoms. The Hall–Kier alpha value is -0.870. The van der Waals surface area contributed by atoms with Gasteiger partial charge in [-0.2, -0.15) is 0 Å². The number of benzene rings is 1. The van der Waals surface area contributed by atoms with Crippen molar-refractivity contribution in [1.82, 2.24) is 0 Å². The number of carboxylic acid groups (broad SMARTS) is 1. The van der Waals surface area contributed by atoms with E-state index in [2.05, 4.69) is 15.9 Å². The molecule has 1 fully saturated rings. The molecule has 1 aliphatic rings. The molecule has 0 spiro atoms. The average molecular weight is 313 g/mol. The Kier molecular flexibility index (Phi) is 4.07. The minimum Gasteiger partial charge on any atom is -0.481 e. The molecule has 0 amide bonds. The molecule has 0 heterocycles. The maximum atomic E-state index is 11.7. The van der Waals surface area contributed by atoms with Crippen LogP contribution in [0.3, 0.4) is 0 Å². The van der Waals surface area contributed by atoms with Gasteiger partial charge < -0.3 is 9.84 Å². The van der Waals surface area contributed by atoms with Crippen LogP contribution < -0.4 is 0 Å². The van der Waals surface area contributed by atoms with Crippen molar-refractivity contribution < 1.29 is 14.6 Å². The Morgan fingerprint density at radius 2 is 2.11 bits per heavy atom. The molecule has 0 unspecified atom stereocenters. The predicted molar refractivity (Wildman–Crippen MR) is 72.6 cm³/mol. The highest BCUT2D eigenvalue weighted by atomic mass is 79.9. The second kappa shape index (κ2) is 5.41. The Morgan fingerprint density at radius 1 is 1.44 bits per heavy atom. The van der Waals surface area contributed by atoms with E-state index in [9.17, 15) is 9.90 Å². The smallest absolute Gasteiger partial charge is 0.314 e. The topological polar surface area (TPSA) is 46.5 Å². The minimum absolute atomic E-state index is 0.448. The summed E-state index contributed by atoms with van der Waals surface area (Å²) in [5.41, 5.74) is 1.17. The second-order valence-electron chi connectivity index (χ2n) is 4.83. The van der Waals surface area contributed by atoms with Gasteiger partial charge in [0.15, 0.2) is 0 Å². The van der Waals surface area contributed by atoms with Crippen LogP contribution in [0.2, 0.25) is 0 Å². The number of ether oxygens (including phenoxy) is 1. The first kappa shape index (κ1) is 13.6. The van der Waals surface area contributed by atoms with Gasteiger partial charge in [0, 0.05) is 11.6 Å². The largest absolute Gasteiger partial charge is 0.481 e. The van der Waals surface area contributed by atoms with Crippen LogP contribution in [-0.2, 0) is 21.6 Å². The summed E-state index contributed by atoms with van der Waals surface area (Å²) in [6, 6.07) is 5.80. The summed E-state index contributed by atoms with van der Waals surface area (Å²) in [5, 5.41) is 9.63. The molecule has 18 heavy (non-hydrogen) atoms. The summed E-state index contributed by atoms with van der Waals surface area (Å²) in [6.07, 6.45) is 3.41. The van der Waals surface area contributed by atoms with Crippen molar-refractivity contribution in [3.63, 3.8) is 0 Å². The van der Waals surface area contributed by atoms with Gasteiger partial charge >= 0.3 is 5.97 Å². The monoisotopic (exact) mass is 312 g/mol. The van der Waals surface area contributed by atoms with Gasteiger partial charge in [-0.05, 0) is 36.1 Å². The van der Waals surface area contributed by atoms with E-state index in [1.54, 1.807) is 7.11 Å². The summed E-state index contributed by atoms with van der Waals surface area (Å²) in [6.45, 7) is 0.448. The zero-order valence-corrected chi connectivity index (χ0v) is 12.0. The van der Waals surface area contributed by atoms with Crippen LogP contribution in [-0.4, -0.2) is 18.2 Å². The first-order chi connectivity index (χ1) is 8.60. The molecule has 0 radical (unpaired) electrons. The highest BCUT2D eigenvalue weighted by Crippen LogP contribution is 2.43. The third-order valence-electron chi connectivity index (χ3n) is 3.75.